The van der Waals surface area contributed by atoms with Crippen LogP contribution in [-0.2, 0) is 0 Å². The van der Waals surface area contributed by atoms with Gasteiger partial charge in [-0.1, -0.05) is 24.1 Å². The molecule has 1 aromatic carbocycles. The van der Waals surface area contributed by atoms with Crippen molar-refractivity contribution in [3.63, 3.8) is 0 Å². The van der Waals surface area contributed by atoms with Crippen LogP contribution < -0.4 is 0 Å². The van der Waals surface area contributed by atoms with Crippen molar-refractivity contribution in [1.82, 2.24) is 9.55 Å². The van der Waals surface area contributed by atoms with Crippen molar-refractivity contribution >= 4 is 46.6 Å². The number of thioether (sulfide) groups is 1. The maximum atomic E-state index is 6.22. The van der Waals surface area contributed by atoms with Crippen LogP contribution in [0.3, 0.4) is 0 Å². The van der Waals surface area contributed by atoms with Gasteiger partial charge in [-0.05, 0) is 43.4 Å². The van der Waals surface area contributed by atoms with E-state index in [0.29, 0.717) is 11.3 Å². The summed E-state index contributed by atoms with van der Waals surface area (Å²) < 4.78 is 3.06. The minimum atomic E-state index is 0.500. The molecule has 1 aromatic heterocycles. The number of aromatic nitrogens is 2. The Morgan fingerprint density at radius 2 is 2.28 bits per heavy atom. The van der Waals surface area contributed by atoms with Crippen LogP contribution in [0.4, 0.5) is 0 Å². The molecular formula is C13H15ClN2S2. The van der Waals surface area contributed by atoms with Gasteiger partial charge < -0.3 is 9.55 Å². The molecule has 2 nitrogen and oxygen atoms in total. The summed E-state index contributed by atoms with van der Waals surface area (Å²) in [6.45, 7) is 0. The summed E-state index contributed by atoms with van der Waals surface area (Å²) in [5.41, 5.74) is 2.11. The zero-order valence-electron chi connectivity index (χ0n) is 10.1. The zero-order valence-corrected chi connectivity index (χ0v) is 12.5. The van der Waals surface area contributed by atoms with E-state index in [9.17, 15) is 0 Å². The van der Waals surface area contributed by atoms with Crippen LogP contribution in [0.2, 0.25) is 5.02 Å². The molecule has 2 aromatic rings. The number of benzene rings is 1. The fourth-order valence-corrected chi connectivity index (χ4v) is 4.45. The number of fused-ring (bicyclic) bond motifs is 1. The summed E-state index contributed by atoms with van der Waals surface area (Å²) >= 11 is 13.7. The second-order valence-corrected chi connectivity index (χ2v) is 6.58. The lowest BCUT2D eigenvalue weighted by molar-refractivity contribution is 0.536. The molecule has 96 valence electrons. The molecule has 0 amide bonds. The van der Waals surface area contributed by atoms with Crippen molar-refractivity contribution in [3.8, 4) is 0 Å². The van der Waals surface area contributed by atoms with Gasteiger partial charge in [0.25, 0.3) is 0 Å². The maximum absolute atomic E-state index is 6.22. The van der Waals surface area contributed by atoms with Crippen LogP contribution >= 0.6 is 35.6 Å². The molecule has 1 heterocycles. The summed E-state index contributed by atoms with van der Waals surface area (Å²) in [7, 11) is 0. The largest absolute Gasteiger partial charge is 0.329 e. The van der Waals surface area contributed by atoms with Gasteiger partial charge in [0.1, 0.15) is 0 Å². The SMILES string of the molecule is CSC1CCCC1n1c(=S)[nH]c2c(Cl)cccc21. The van der Waals surface area contributed by atoms with Crippen LogP contribution in [0.1, 0.15) is 25.3 Å². The molecule has 0 aliphatic heterocycles. The zero-order chi connectivity index (χ0) is 12.7. The van der Waals surface area contributed by atoms with Gasteiger partial charge in [0.15, 0.2) is 4.77 Å². The molecule has 5 heteroatoms. The van der Waals surface area contributed by atoms with E-state index < -0.39 is 0 Å². The number of nitrogens with one attached hydrogen (secondary N) is 1. The Bertz CT molecular complexity index is 631. The quantitative estimate of drug-likeness (QED) is 0.803. The van der Waals surface area contributed by atoms with Crippen molar-refractivity contribution in [2.75, 3.05) is 6.26 Å². The molecule has 0 saturated heterocycles. The lowest BCUT2D eigenvalue weighted by Crippen LogP contribution is -2.15. The van der Waals surface area contributed by atoms with E-state index in [0.717, 1.165) is 20.8 Å². The van der Waals surface area contributed by atoms with E-state index in [-0.39, 0.29) is 0 Å². The first-order valence-electron chi connectivity index (χ1n) is 6.14. The lowest BCUT2D eigenvalue weighted by atomic mass is 10.2. The molecular weight excluding hydrogens is 284 g/mol. The van der Waals surface area contributed by atoms with Crippen LogP contribution in [0.25, 0.3) is 11.0 Å². The summed E-state index contributed by atoms with van der Waals surface area (Å²) in [6, 6.07) is 6.50. The van der Waals surface area contributed by atoms with Gasteiger partial charge in [0, 0.05) is 11.3 Å². The second-order valence-electron chi connectivity index (χ2n) is 4.71. The van der Waals surface area contributed by atoms with Crippen LogP contribution in [0.15, 0.2) is 18.2 Å². The summed E-state index contributed by atoms with van der Waals surface area (Å²) in [5, 5.41) is 1.41. The van der Waals surface area contributed by atoms with Gasteiger partial charge in [-0.3, -0.25) is 0 Å². The number of rotatable bonds is 2. The number of imidazole rings is 1. The summed E-state index contributed by atoms with van der Waals surface area (Å²) in [5.74, 6) is 0. The van der Waals surface area contributed by atoms with Gasteiger partial charge in [0.05, 0.1) is 16.1 Å². The molecule has 2 unspecified atom stereocenters. The molecule has 0 spiro atoms. The van der Waals surface area contributed by atoms with Crippen molar-refractivity contribution < 1.29 is 0 Å². The van der Waals surface area contributed by atoms with Gasteiger partial charge in [-0.25, -0.2) is 0 Å². The Morgan fingerprint density at radius 1 is 1.44 bits per heavy atom. The van der Waals surface area contributed by atoms with Crippen LogP contribution in [0.5, 0.6) is 0 Å². The first kappa shape index (κ1) is 12.6. The summed E-state index contributed by atoms with van der Waals surface area (Å²) in [6.07, 6.45) is 5.96. The fourth-order valence-electron chi connectivity index (χ4n) is 2.92. The Balaban J connectivity index is 2.20. The standard InChI is InChI=1S/C13H15ClN2S2/c1-18-11-7-3-5-9(11)16-10-6-2-4-8(14)12(10)15-13(16)17/h2,4,6,9,11H,3,5,7H2,1H3,(H,15,17). The highest BCUT2D eigenvalue weighted by Crippen LogP contribution is 2.39. The van der Waals surface area contributed by atoms with Crippen LogP contribution in [0, 0.1) is 4.77 Å². The van der Waals surface area contributed by atoms with E-state index >= 15 is 0 Å². The van der Waals surface area contributed by atoms with Crippen molar-refractivity contribution in [3.05, 3.63) is 28.0 Å². The maximum Gasteiger partial charge on any atom is 0.178 e. The van der Waals surface area contributed by atoms with Crippen molar-refractivity contribution in [2.45, 2.75) is 30.6 Å². The normalized spacial score (nSPS) is 23.9. The van der Waals surface area contributed by atoms with Crippen LogP contribution in [-0.4, -0.2) is 21.1 Å². The number of hydrogen-bond donors (Lipinski definition) is 1. The summed E-state index contributed by atoms with van der Waals surface area (Å²) in [4.78, 5) is 3.25. The topological polar surface area (TPSA) is 20.7 Å². The number of H-pyrrole nitrogens is 1. The molecule has 3 rings (SSSR count). The van der Waals surface area contributed by atoms with Crippen molar-refractivity contribution in [2.24, 2.45) is 0 Å². The first-order chi connectivity index (χ1) is 8.72. The number of halogens is 1. The molecule has 18 heavy (non-hydrogen) atoms. The third-order valence-electron chi connectivity index (χ3n) is 3.75. The van der Waals surface area contributed by atoms with E-state index in [4.69, 9.17) is 23.8 Å². The van der Waals surface area contributed by atoms with E-state index in [1.165, 1.54) is 19.3 Å². The lowest BCUT2D eigenvalue weighted by Gasteiger charge is -2.20. The molecule has 1 N–H and O–H groups in total. The number of hydrogen-bond acceptors (Lipinski definition) is 2. The molecule has 1 aliphatic carbocycles. The average molecular weight is 299 g/mol. The van der Waals surface area contributed by atoms with Gasteiger partial charge >= 0.3 is 0 Å². The highest BCUT2D eigenvalue weighted by molar-refractivity contribution is 7.99. The van der Waals surface area contributed by atoms with E-state index in [1.807, 2.05) is 23.9 Å². The molecule has 0 radical (unpaired) electrons. The van der Waals surface area contributed by atoms with Crippen molar-refractivity contribution in [1.29, 1.82) is 0 Å². The third-order valence-corrected chi connectivity index (χ3v) is 5.52. The van der Waals surface area contributed by atoms with Gasteiger partial charge in [0.2, 0.25) is 0 Å². The smallest absolute Gasteiger partial charge is 0.178 e. The number of nitrogens with zero attached hydrogens (tertiary/aromatic N) is 1. The highest BCUT2D eigenvalue weighted by atomic mass is 35.5. The predicted octanol–water partition coefficient (Wildman–Crippen LogP) is 4.81. The average Bonchev–Trinajstić information content (AvgIpc) is 2.93. The Labute approximate surface area is 121 Å². The number of para-hydroxylation sites is 1. The van der Waals surface area contributed by atoms with E-state index in [2.05, 4.69) is 21.9 Å². The minimum absolute atomic E-state index is 0.500. The molecule has 1 aliphatic rings. The minimum Gasteiger partial charge on any atom is -0.329 e. The highest BCUT2D eigenvalue weighted by Gasteiger charge is 2.29. The fraction of sp³-hybridized carbons (Fsp3) is 0.462. The van der Waals surface area contributed by atoms with Gasteiger partial charge in [-0.15, -0.1) is 0 Å². The molecule has 1 saturated carbocycles. The second kappa shape index (κ2) is 4.91. The Morgan fingerprint density at radius 3 is 3.06 bits per heavy atom. The number of aromatic amines is 1. The molecule has 1 fully saturated rings. The van der Waals surface area contributed by atoms with Gasteiger partial charge in [-0.2, -0.15) is 11.8 Å². The monoisotopic (exact) mass is 298 g/mol. The Kier molecular flexibility index (Phi) is 3.43. The van der Waals surface area contributed by atoms with E-state index in [1.54, 1.807) is 0 Å². The third kappa shape index (κ3) is 1.91. The predicted molar refractivity (Wildman–Crippen MR) is 82.3 cm³/mol. The molecule has 0 bridgehead atoms. The first-order valence-corrected chi connectivity index (χ1v) is 8.21. The molecule has 2 atom stereocenters. The Hall–Kier alpha value is -0.450.